The molecular weight excluding hydrogens is 310 g/mol. The first-order valence-corrected chi connectivity index (χ1v) is 10.9. The van der Waals surface area contributed by atoms with E-state index in [1.54, 1.807) is 0 Å². The molecule has 2 atom stereocenters. The summed E-state index contributed by atoms with van der Waals surface area (Å²) in [7, 11) is 0. The second kappa shape index (κ2) is 9.19. The number of hydrogen-bond donors (Lipinski definition) is 0. The van der Waals surface area contributed by atoms with Crippen LogP contribution in [-0.2, 0) is 9.47 Å². The van der Waals surface area contributed by atoms with Gasteiger partial charge < -0.3 is 14.4 Å². The summed E-state index contributed by atoms with van der Waals surface area (Å²) in [5, 5.41) is 0. The first-order chi connectivity index (χ1) is 11.9. The van der Waals surface area contributed by atoms with Crippen LogP contribution in [0.2, 0.25) is 0 Å². The minimum absolute atomic E-state index is 0.253. The van der Waals surface area contributed by atoms with Gasteiger partial charge in [-0.25, -0.2) is 0 Å². The Morgan fingerprint density at radius 3 is 2.40 bits per heavy atom. The molecule has 0 bridgehead atoms. The molecule has 1 aliphatic carbocycles. The average Bonchev–Trinajstić information content (AvgIpc) is 2.98. The molecule has 0 aromatic carbocycles. The van der Waals surface area contributed by atoms with Gasteiger partial charge in [-0.05, 0) is 56.9 Å². The van der Waals surface area contributed by atoms with Crippen LogP contribution in [0.25, 0.3) is 0 Å². The zero-order chi connectivity index (χ0) is 18.5. The van der Waals surface area contributed by atoms with Crippen molar-refractivity contribution < 1.29 is 9.47 Å². The summed E-state index contributed by atoms with van der Waals surface area (Å²) in [6.07, 6.45) is 9.92. The van der Waals surface area contributed by atoms with Crippen molar-refractivity contribution in [3.63, 3.8) is 0 Å². The van der Waals surface area contributed by atoms with Gasteiger partial charge in [0.1, 0.15) is 0 Å². The molecule has 0 amide bonds. The molecule has 1 aliphatic heterocycles. The Hall–Kier alpha value is -0.120. The molecule has 25 heavy (non-hydrogen) atoms. The van der Waals surface area contributed by atoms with Gasteiger partial charge in [0.05, 0.1) is 12.7 Å². The maximum atomic E-state index is 6.47. The van der Waals surface area contributed by atoms with E-state index in [0.29, 0.717) is 17.6 Å². The highest BCUT2D eigenvalue weighted by atomic mass is 16.7. The lowest BCUT2D eigenvalue weighted by Gasteiger charge is -2.42. The summed E-state index contributed by atoms with van der Waals surface area (Å²) >= 11 is 0. The highest BCUT2D eigenvalue weighted by Crippen LogP contribution is 2.47. The summed E-state index contributed by atoms with van der Waals surface area (Å²) < 4.78 is 12.7. The van der Waals surface area contributed by atoms with Gasteiger partial charge in [-0.3, -0.25) is 0 Å². The zero-order valence-corrected chi connectivity index (χ0v) is 17.8. The molecule has 3 heteroatoms. The van der Waals surface area contributed by atoms with Crippen molar-refractivity contribution in [1.82, 2.24) is 4.90 Å². The van der Waals surface area contributed by atoms with Crippen LogP contribution in [0.1, 0.15) is 92.9 Å². The molecule has 1 saturated carbocycles. The Morgan fingerprint density at radius 1 is 1.16 bits per heavy atom. The van der Waals surface area contributed by atoms with Crippen LogP contribution in [0.5, 0.6) is 0 Å². The van der Waals surface area contributed by atoms with E-state index in [9.17, 15) is 0 Å². The third-order valence-corrected chi connectivity index (χ3v) is 7.02. The summed E-state index contributed by atoms with van der Waals surface area (Å²) in [5.74, 6) is 0.571. The van der Waals surface area contributed by atoms with E-state index in [4.69, 9.17) is 9.47 Å². The molecular formula is C22H43NO2. The minimum atomic E-state index is -0.253. The van der Waals surface area contributed by atoms with Crippen molar-refractivity contribution in [3.05, 3.63) is 0 Å². The summed E-state index contributed by atoms with van der Waals surface area (Å²) in [4.78, 5) is 2.57. The molecule has 2 aliphatic rings. The van der Waals surface area contributed by atoms with Gasteiger partial charge in [-0.15, -0.1) is 0 Å². The number of ether oxygens (including phenoxy) is 2. The normalized spacial score (nSPS) is 31.8. The maximum absolute atomic E-state index is 6.47. The summed E-state index contributed by atoms with van der Waals surface area (Å²) in [6, 6.07) is 0.664. The molecule has 2 rings (SSSR count). The topological polar surface area (TPSA) is 21.7 Å². The molecule has 148 valence electrons. The standard InChI is InChI=1S/C22H43NO2/c1-7-13-21(5,6)19-10-14-22(15-11-19)24-17-20(25-22)12-16-23(9-3)18(4)8-2/h18-20H,7-17H2,1-6H3. The summed E-state index contributed by atoms with van der Waals surface area (Å²) in [6.45, 7) is 17.1. The van der Waals surface area contributed by atoms with Crippen molar-refractivity contribution in [2.24, 2.45) is 11.3 Å². The minimum Gasteiger partial charge on any atom is -0.347 e. The van der Waals surface area contributed by atoms with Crippen LogP contribution in [0, 0.1) is 11.3 Å². The highest BCUT2D eigenvalue weighted by Gasteiger charge is 2.46. The lowest BCUT2D eigenvalue weighted by Crippen LogP contribution is -2.40. The van der Waals surface area contributed by atoms with Gasteiger partial charge in [0.25, 0.3) is 0 Å². The van der Waals surface area contributed by atoms with Gasteiger partial charge in [0, 0.05) is 25.4 Å². The SMILES string of the molecule is CCCC(C)(C)C1CCC2(CC1)OCC(CCN(CC)C(C)CC)O2. The molecule has 3 nitrogen and oxygen atoms in total. The largest absolute Gasteiger partial charge is 0.347 e. The van der Waals surface area contributed by atoms with E-state index < -0.39 is 0 Å². The van der Waals surface area contributed by atoms with E-state index in [-0.39, 0.29) is 5.79 Å². The van der Waals surface area contributed by atoms with E-state index in [0.717, 1.165) is 44.9 Å². The van der Waals surface area contributed by atoms with Crippen LogP contribution in [0.4, 0.5) is 0 Å². The molecule has 0 radical (unpaired) electrons. The van der Waals surface area contributed by atoms with Gasteiger partial charge in [0.15, 0.2) is 5.79 Å². The van der Waals surface area contributed by atoms with Crippen LogP contribution < -0.4 is 0 Å². The lowest BCUT2D eigenvalue weighted by molar-refractivity contribution is -0.197. The first-order valence-electron chi connectivity index (χ1n) is 10.9. The Balaban J connectivity index is 1.79. The van der Waals surface area contributed by atoms with Gasteiger partial charge in [0.2, 0.25) is 0 Å². The van der Waals surface area contributed by atoms with E-state index in [2.05, 4.69) is 46.4 Å². The lowest BCUT2D eigenvalue weighted by atomic mass is 9.68. The number of hydrogen-bond acceptors (Lipinski definition) is 3. The van der Waals surface area contributed by atoms with Gasteiger partial charge in [-0.2, -0.15) is 0 Å². The third kappa shape index (κ3) is 5.43. The van der Waals surface area contributed by atoms with Crippen LogP contribution in [0.3, 0.4) is 0 Å². The van der Waals surface area contributed by atoms with Gasteiger partial charge >= 0.3 is 0 Å². The van der Waals surface area contributed by atoms with Crippen molar-refractivity contribution in [3.8, 4) is 0 Å². The number of nitrogens with zero attached hydrogens (tertiary/aromatic N) is 1. The molecule has 0 aromatic heterocycles. The predicted octanol–water partition coefficient (Wildman–Crippen LogP) is 5.63. The highest BCUT2D eigenvalue weighted by molar-refractivity contribution is 4.90. The Labute approximate surface area is 156 Å². The molecule has 0 N–H and O–H groups in total. The average molecular weight is 354 g/mol. The smallest absolute Gasteiger partial charge is 0.168 e. The van der Waals surface area contributed by atoms with Crippen LogP contribution >= 0.6 is 0 Å². The molecule has 1 spiro atoms. The quantitative estimate of drug-likeness (QED) is 0.536. The summed E-state index contributed by atoms with van der Waals surface area (Å²) in [5.41, 5.74) is 0.465. The second-order valence-corrected chi connectivity index (χ2v) is 9.15. The van der Waals surface area contributed by atoms with E-state index >= 15 is 0 Å². The van der Waals surface area contributed by atoms with Crippen molar-refractivity contribution in [2.75, 3.05) is 19.7 Å². The second-order valence-electron chi connectivity index (χ2n) is 9.15. The van der Waals surface area contributed by atoms with Crippen LogP contribution in [-0.4, -0.2) is 42.5 Å². The Kier molecular flexibility index (Phi) is 7.79. The molecule has 2 fully saturated rings. The molecule has 2 unspecified atom stereocenters. The van der Waals surface area contributed by atoms with Crippen molar-refractivity contribution >= 4 is 0 Å². The maximum Gasteiger partial charge on any atom is 0.168 e. The third-order valence-electron chi connectivity index (χ3n) is 7.02. The zero-order valence-electron chi connectivity index (χ0n) is 17.8. The monoisotopic (exact) mass is 353 g/mol. The fourth-order valence-corrected chi connectivity index (χ4v) is 4.97. The molecule has 1 saturated heterocycles. The number of rotatable bonds is 9. The van der Waals surface area contributed by atoms with Crippen molar-refractivity contribution in [2.45, 2.75) is 111 Å². The Morgan fingerprint density at radius 2 is 1.84 bits per heavy atom. The molecule has 0 aromatic rings. The first kappa shape index (κ1) is 21.2. The van der Waals surface area contributed by atoms with Gasteiger partial charge in [-0.1, -0.05) is 41.0 Å². The van der Waals surface area contributed by atoms with E-state index in [1.807, 2.05) is 0 Å². The Bertz CT molecular complexity index is 387. The van der Waals surface area contributed by atoms with Crippen LogP contribution in [0.15, 0.2) is 0 Å². The van der Waals surface area contributed by atoms with E-state index in [1.165, 1.54) is 32.1 Å². The van der Waals surface area contributed by atoms with Crippen molar-refractivity contribution in [1.29, 1.82) is 0 Å². The fraction of sp³-hybridized carbons (Fsp3) is 1.00. The fourth-order valence-electron chi connectivity index (χ4n) is 4.97. The molecule has 1 heterocycles. The predicted molar refractivity (Wildman–Crippen MR) is 106 cm³/mol.